The van der Waals surface area contributed by atoms with Gasteiger partial charge in [-0.25, -0.2) is 9.59 Å². The molecule has 0 radical (unpaired) electrons. The first-order valence-electron chi connectivity index (χ1n) is 11.6. The second-order valence-electron chi connectivity index (χ2n) is 8.42. The van der Waals surface area contributed by atoms with Crippen molar-refractivity contribution in [1.29, 1.82) is 0 Å². The number of hydrogen-bond donors (Lipinski definition) is 0. The molecule has 1 fully saturated rings. The van der Waals surface area contributed by atoms with Crippen molar-refractivity contribution in [3.63, 3.8) is 0 Å². The molecule has 0 N–H and O–H groups in total. The summed E-state index contributed by atoms with van der Waals surface area (Å²) in [7, 11) is 1.35. The normalized spacial score (nSPS) is 15.3. The van der Waals surface area contributed by atoms with Crippen LogP contribution in [0.2, 0.25) is 0 Å². The van der Waals surface area contributed by atoms with Crippen LogP contribution in [0.4, 0.5) is 5.69 Å². The van der Waals surface area contributed by atoms with Gasteiger partial charge in [-0.1, -0.05) is 6.07 Å². The fourth-order valence-corrected chi connectivity index (χ4v) is 4.55. The lowest BCUT2D eigenvalue weighted by atomic mass is 10.0. The van der Waals surface area contributed by atoms with Gasteiger partial charge in [-0.15, -0.1) is 0 Å². The zero-order valence-electron chi connectivity index (χ0n) is 19.8. The molecule has 0 saturated carbocycles. The Labute approximate surface area is 203 Å². The summed E-state index contributed by atoms with van der Waals surface area (Å²) in [5.41, 5.74) is 3.40. The van der Waals surface area contributed by atoms with E-state index in [1.54, 1.807) is 31.3 Å². The summed E-state index contributed by atoms with van der Waals surface area (Å²) >= 11 is 0. The standard InChI is InChI=1S/C26H27N3O6/c1-3-33-26(31)20-14-27-21-6-5-18(25(30)32-2)13-19(21)24(20)29-10-8-28(9-11-29)15-17-4-7-22-23(12-17)35-16-34-22/h4-7,12-14H,3,8-11,15-16H2,1-2H3. The molecule has 0 bridgehead atoms. The number of nitrogens with zero attached hydrogens (tertiary/aromatic N) is 3. The smallest absolute Gasteiger partial charge is 0.341 e. The number of ether oxygens (including phenoxy) is 4. The summed E-state index contributed by atoms with van der Waals surface area (Å²) in [6.07, 6.45) is 1.56. The van der Waals surface area contributed by atoms with Gasteiger partial charge in [0.15, 0.2) is 11.5 Å². The first-order chi connectivity index (χ1) is 17.1. The predicted octanol–water partition coefficient (Wildman–Crippen LogP) is 3.25. The van der Waals surface area contributed by atoms with Crippen LogP contribution in [0.1, 0.15) is 33.2 Å². The molecule has 2 aliphatic rings. The molecule has 1 aromatic heterocycles. The van der Waals surface area contributed by atoms with Gasteiger partial charge in [-0.05, 0) is 42.8 Å². The average molecular weight is 478 g/mol. The lowest BCUT2D eigenvalue weighted by molar-refractivity contribution is 0.0525. The lowest BCUT2D eigenvalue weighted by Crippen LogP contribution is -2.46. The van der Waals surface area contributed by atoms with E-state index in [4.69, 9.17) is 18.9 Å². The Morgan fingerprint density at radius 2 is 1.80 bits per heavy atom. The molecular formula is C26H27N3O6. The van der Waals surface area contributed by atoms with E-state index in [9.17, 15) is 9.59 Å². The minimum atomic E-state index is -0.437. The van der Waals surface area contributed by atoms with E-state index in [2.05, 4.69) is 20.9 Å². The van der Waals surface area contributed by atoms with Gasteiger partial charge in [0.2, 0.25) is 6.79 Å². The molecule has 3 heterocycles. The van der Waals surface area contributed by atoms with Crippen molar-refractivity contribution >= 4 is 28.5 Å². The molecule has 9 heteroatoms. The number of methoxy groups -OCH3 is 1. The van der Waals surface area contributed by atoms with Crippen LogP contribution in [0.3, 0.4) is 0 Å². The number of anilines is 1. The average Bonchev–Trinajstić information content (AvgIpc) is 3.36. The summed E-state index contributed by atoms with van der Waals surface area (Å²) in [5, 5.41) is 0.725. The summed E-state index contributed by atoms with van der Waals surface area (Å²) in [5.74, 6) is 0.696. The maximum atomic E-state index is 12.8. The fourth-order valence-electron chi connectivity index (χ4n) is 4.55. The highest BCUT2D eigenvalue weighted by atomic mass is 16.7. The number of carbonyl (C=O) groups is 2. The largest absolute Gasteiger partial charge is 0.465 e. The first-order valence-corrected chi connectivity index (χ1v) is 11.6. The van der Waals surface area contributed by atoms with Gasteiger partial charge < -0.3 is 23.8 Å². The Morgan fingerprint density at radius 1 is 1.00 bits per heavy atom. The third-order valence-electron chi connectivity index (χ3n) is 6.29. The molecule has 2 aromatic carbocycles. The van der Waals surface area contributed by atoms with Crippen LogP contribution < -0.4 is 14.4 Å². The van der Waals surface area contributed by atoms with Crippen molar-refractivity contribution in [2.45, 2.75) is 13.5 Å². The topological polar surface area (TPSA) is 90.4 Å². The Balaban J connectivity index is 1.41. The SMILES string of the molecule is CCOC(=O)c1cnc2ccc(C(=O)OC)cc2c1N1CCN(Cc2ccc3c(c2)OCO3)CC1. The van der Waals surface area contributed by atoms with Crippen molar-refractivity contribution < 1.29 is 28.5 Å². The number of piperazine rings is 1. The van der Waals surface area contributed by atoms with Crippen LogP contribution in [0.5, 0.6) is 11.5 Å². The Kier molecular flexibility index (Phi) is 6.41. The van der Waals surface area contributed by atoms with E-state index in [0.29, 0.717) is 29.7 Å². The fraction of sp³-hybridized carbons (Fsp3) is 0.346. The van der Waals surface area contributed by atoms with Gasteiger partial charge >= 0.3 is 11.9 Å². The number of pyridine rings is 1. The maximum absolute atomic E-state index is 12.8. The molecule has 0 unspecified atom stereocenters. The maximum Gasteiger partial charge on any atom is 0.341 e. The van der Waals surface area contributed by atoms with Crippen LogP contribution in [0.15, 0.2) is 42.6 Å². The third kappa shape index (κ3) is 4.59. The minimum Gasteiger partial charge on any atom is -0.465 e. The van der Waals surface area contributed by atoms with Crippen LogP contribution >= 0.6 is 0 Å². The van der Waals surface area contributed by atoms with E-state index < -0.39 is 11.9 Å². The van der Waals surface area contributed by atoms with Crippen molar-refractivity contribution in [2.75, 3.05) is 51.6 Å². The zero-order chi connectivity index (χ0) is 24.4. The van der Waals surface area contributed by atoms with E-state index >= 15 is 0 Å². The Morgan fingerprint density at radius 3 is 2.57 bits per heavy atom. The summed E-state index contributed by atoms with van der Waals surface area (Å²) in [4.78, 5) is 34.0. The number of benzene rings is 2. The number of hydrogen-bond acceptors (Lipinski definition) is 9. The van der Waals surface area contributed by atoms with Crippen LogP contribution in [-0.4, -0.2) is 68.5 Å². The van der Waals surface area contributed by atoms with E-state index in [-0.39, 0.29) is 13.4 Å². The molecule has 1 saturated heterocycles. The second kappa shape index (κ2) is 9.79. The number of fused-ring (bicyclic) bond motifs is 2. The van der Waals surface area contributed by atoms with E-state index in [0.717, 1.165) is 47.8 Å². The molecule has 0 amide bonds. The molecule has 35 heavy (non-hydrogen) atoms. The molecule has 3 aromatic rings. The van der Waals surface area contributed by atoms with Gasteiger partial charge in [0.25, 0.3) is 0 Å². The number of rotatable bonds is 6. The van der Waals surface area contributed by atoms with Crippen molar-refractivity contribution in [3.05, 3.63) is 59.3 Å². The molecule has 9 nitrogen and oxygen atoms in total. The van der Waals surface area contributed by atoms with Gasteiger partial charge in [-0.3, -0.25) is 9.88 Å². The highest BCUT2D eigenvalue weighted by Crippen LogP contribution is 2.34. The van der Waals surface area contributed by atoms with E-state index in [1.165, 1.54) is 7.11 Å². The minimum absolute atomic E-state index is 0.262. The van der Waals surface area contributed by atoms with E-state index in [1.807, 2.05) is 12.1 Å². The monoisotopic (exact) mass is 477 g/mol. The van der Waals surface area contributed by atoms with Crippen molar-refractivity contribution in [3.8, 4) is 11.5 Å². The molecule has 0 atom stereocenters. The van der Waals surface area contributed by atoms with Gasteiger partial charge in [0.1, 0.15) is 5.56 Å². The third-order valence-corrected chi connectivity index (χ3v) is 6.29. The summed E-state index contributed by atoms with van der Waals surface area (Å²) in [6.45, 7) is 6.11. The molecule has 0 spiro atoms. The number of carbonyl (C=O) groups excluding carboxylic acids is 2. The quantitative estimate of drug-likeness (QED) is 0.496. The molecular weight excluding hydrogens is 450 g/mol. The Hall–Kier alpha value is -3.85. The highest BCUT2D eigenvalue weighted by molar-refractivity contribution is 6.07. The van der Waals surface area contributed by atoms with Crippen LogP contribution in [0, 0.1) is 0 Å². The van der Waals surface area contributed by atoms with Gasteiger partial charge in [0.05, 0.1) is 30.5 Å². The Bertz CT molecular complexity index is 1270. The van der Waals surface area contributed by atoms with Gasteiger partial charge in [0, 0.05) is 44.3 Å². The van der Waals surface area contributed by atoms with Crippen molar-refractivity contribution in [1.82, 2.24) is 9.88 Å². The molecule has 182 valence electrons. The number of esters is 2. The molecule has 5 rings (SSSR count). The molecule has 0 aliphatic carbocycles. The summed E-state index contributed by atoms with van der Waals surface area (Å²) in [6, 6.07) is 11.2. The lowest BCUT2D eigenvalue weighted by Gasteiger charge is -2.37. The summed E-state index contributed by atoms with van der Waals surface area (Å²) < 4.78 is 21.1. The van der Waals surface area contributed by atoms with Gasteiger partial charge in [-0.2, -0.15) is 0 Å². The number of aromatic nitrogens is 1. The second-order valence-corrected chi connectivity index (χ2v) is 8.42. The molecule has 2 aliphatic heterocycles. The van der Waals surface area contributed by atoms with Crippen LogP contribution in [0.25, 0.3) is 10.9 Å². The highest BCUT2D eigenvalue weighted by Gasteiger charge is 2.26. The van der Waals surface area contributed by atoms with Crippen molar-refractivity contribution in [2.24, 2.45) is 0 Å². The predicted molar refractivity (Wildman–Crippen MR) is 129 cm³/mol. The zero-order valence-corrected chi connectivity index (χ0v) is 19.8. The van der Waals surface area contributed by atoms with Crippen LogP contribution in [-0.2, 0) is 16.0 Å². The first kappa shape index (κ1) is 22.9.